The van der Waals surface area contributed by atoms with Gasteiger partial charge in [-0.15, -0.1) is 0 Å². The van der Waals surface area contributed by atoms with Crippen LogP contribution in [0.25, 0.3) is 0 Å². The molecule has 2 unspecified atom stereocenters. The molecule has 0 amide bonds. The minimum absolute atomic E-state index is 0. The van der Waals surface area contributed by atoms with Crippen LogP contribution in [0.3, 0.4) is 0 Å². The first kappa shape index (κ1) is 28.7. The van der Waals surface area contributed by atoms with E-state index in [2.05, 4.69) is 0 Å². The van der Waals surface area contributed by atoms with E-state index in [1.54, 1.807) is 0 Å². The molecule has 0 aromatic carbocycles. The predicted molar refractivity (Wildman–Crippen MR) is 87.2 cm³/mol. The molecule has 2 atom stereocenters. The molecular formula is C14H32O6P2Zn. The molecule has 0 fully saturated rings. The van der Waals surface area contributed by atoms with Gasteiger partial charge in [-0.25, -0.2) is 0 Å². The largest absolute Gasteiger partial charge is 2.00 e. The van der Waals surface area contributed by atoms with E-state index in [0.29, 0.717) is 26.1 Å². The Balaban J connectivity index is -0.000000333. The van der Waals surface area contributed by atoms with Gasteiger partial charge in [0.05, 0.1) is 13.2 Å². The Labute approximate surface area is 154 Å². The van der Waals surface area contributed by atoms with Crippen molar-refractivity contribution < 1.29 is 47.4 Å². The van der Waals surface area contributed by atoms with Crippen LogP contribution in [0.15, 0.2) is 0 Å². The summed E-state index contributed by atoms with van der Waals surface area (Å²) in [6.45, 7) is 8.34. The van der Waals surface area contributed by atoms with Gasteiger partial charge < -0.3 is 28.0 Å². The summed E-state index contributed by atoms with van der Waals surface area (Å²) in [5.41, 5.74) is 0. The van der Waals surface area contributed by atoms with Crippen molar-refractivity contribution in [3.8, 4) is 0 Å². The third-order valence-corrected chi connectivity index (χ3v) is 5.71. The van der Waals surface area contributed by atoms with Crippen LogP contribution in [-0.4, -0.2) is 25.5 Å². The molecule has 0 spiro atoms. The van der Waals surface area contributed by atoms with Crippen LogP contribution >= 0.6 is 15.2 Å². The maximum Gasteiger partial charge on any atom is 2.00 e. The summed E-state index contributed by atoms with van der Waals surface area (Å²) in [7, 11) is -6.94. The molecule has 0 aliphatic carbocycles. The molecule has 0 aromatic heterocycles. The second-order valence-electron chi connectivity index (χ2n) is 5.04. The van der Waals surface area contributed by atoms with E-state index in [1.165, 1.54) is 0 Å². The van der Waals surface area contributed by atoms with E-state index in [0.717, 1.165) is 25.7 Å². The Hall–Kier alpha value is 0.923. The topological polar surface area (TPSA) is 98.7 Å². The molecule has 0 radical (unpaired) electrons. The normalized spacial score (nSPS) is 15.6. The molecule has 0 rings (SSSR count). The maximum atomic E-state index is 10.9. The van der Waals surface area contributed by atoms with Crippen LogP contribution in [0.2, 0.25) is 0 Å². The molecule has 0 saturated carbocycles. The van der Waals surface area contributed by atoms with Gasteiger partial charge in [-0.1, -0.05) is 40.5 Å². The van der Waals surface area contributed by atoms with Gasteiger partial charge in [0.1, 0.15) is 15.2 Å². The zero-order valence-electron chi connectivity index (χ0n) is 15.1. The molecule has 9 heteroatoms. The van der Waals surface area contributed by atoms with Crippen molar-refractivity contribution in [2.75, 3.05) is 25.5 Å². The smallest absolute Gasteiger partial charge is 0.778 e. The zero-order valence-corrected chi connectivity index (χ0v) is 19.9. The van der Waals surface area contributed by atoms with Gasteiger partial charge in [-0.3, -0.25) is 0 Å². The Bertz CT molecular complexity index is 309. The average molecular weight is 424 g/mol. The third kappa shape index (κ3) is 22.9. The molecule has 0 aliphatic heterocycles. The van der Waals surface area contributed by atoms with E-state index >= 15 is 0 Å². The molecule has 0 aromatic rings. The van der Waals surface area contributed by atoms with Crippen molar-refractivity contribution in [1.82, 2.24) is 0 Å². The molecule has 0 saturated heterocycles. The fourth-order valence-electron chi connectivity index (χ4n) is 1.37. The zero-order chi connectivity index (χ0) is 17.5. The molecule has 6 nitrogen and oxygen atoms in total. The Morgan fingerprint density at radius 2 is 1.00 bits per heavy atom. The van der Waals surface area contributed by atoms with Gasteiger partial charge in [0.2, 0.25) is 0 Å². The fourth-order valence-corrected chi connectivity index (χ4v) is 3.54. The second-order valence-corrected chi connectivity index (χ2v) is 8.90. The molecule has 0 aliphatic rings. The van der Waals surface area contributed by atoms with Crippen LogP contribution in [-0.2, 0) is 37.7 Å². The summed E-state index contributed by atoms with van der Waals surface area (Å²) >= 11 is 0. The molecule has 136 valence electrons. The minimum Gasteiger partial charge on any atom is -0.778 e. The number of rotatable bonds is 12. The first-order chi connectivity index (χ1) is 10.2. The van der Waals surface area contributed by atoms with Crippen LogP contribution in [0.4, 0.5) is 0 Å². The van der Waals surface area contributed by atoms with E-state index < -0.39 is 15.2 Å². The van der Waals surface area contributed by atoms with Crippen molar-refractivity contribution in [3.63, 3.8) is 0 Å². The second kappa shape index (κ2) is 17.7. The van der Waals surface area contributed by atoms with Gasteiger partial charge in [-0.2, -0.15) is 0 Å². The molecular weight excluding hydrogens is 391 g/mol. The molecule has 0 heterocycles. The first-order valence-corrected chi connectivity index (χ1v) is 11.6. The van der Waals surface area contributed by atoms with Crippen molar-refractivity contribution in [2.45, 2.75) is 66.2 Å². The van der Waals surface area contributed by atoms with Crippen LogP contribution in [0.1, 0.15) is 66.2 Å². The maximum absolute atomic E-state index is 10.9. The van der Waals surface area contributed by atoms with Crippen molar-refractivity contribution in [2.24, 2.45) is 0 Å². The van der Waals surface area contributed by atoms with Gasteiger partial charge in [0, 0.05) is 12.3 Å². The molecule has 0 N–H and O–H groups in total. The fraction of sp³-hybridized carbons (Fsp3) is 1.00. The number of hydrogen-bond donors (Lipinski definition) is 0. The van der Waals surface area contributed by atoms with Crippen molar-refractivity contribution >= 4 is 15.2 Å². The van der Waals surface area contributed by atoms with Crippen LogP contribution in [0, 0.1) is 0 Å². The Kier molecular flexibility index (Phi) is 22.1. The predicted octanol–water partition coefficient (Wildman–Crippen LogP) is 3.53. The Morgan fingerprint density at radius 3 is 1.22 bits per heavy atom. The number of hydrogen-bond acceptors (Lipinski definition) is 6. The van der Waals surface area contributed by atoms with Gasteiger partial charge >= 0.3 is 19.5 Å². The summed E-state index contributed by atoms with van der Waals surface area (Å²) in [6.07, 6.45) is 5.15. The minimum atomic E-state index is -3.47. The SMILES string of the molecule is CCCCOP(=O)([O-])CCC.CCCCOP(=O)([O-])CCC.[Zn+2]. The third-order valence-electron chi connectivity index (χ3n) is 2.57. The first-order valence-electron chi connectivity index (χ1n) is 8.13. The van der Waals surface area contributed by atoms with Gasteiger partial charge in [0.15, 0.2) is 0 Å². The van der Waals surface area contributed by atoms with Crippen molar-refractivity contribution in [1.29, 1.82) is 0 Å². The quantitative estimate of drug-likeness (QED) is 0.270. The molecule has 23 heavy (non-hydrogen) atoms. The number of unbranched alkanes of at least 4 members (excludes halogenated alkanes) is 2. The van der Waals surface area contributed by atoms with E-state index in [1.807, 2.05) is 27.7 Å². The van der Waals surface area contributed by atoms with E-state index in [-0.39, 0.29) is 31.8 Å². The average Bonchev–Trinajstić information content (AvgIpc) is 2.39. The molecule has 0 bridgehead atoms. The van der Waals surface area contributed by atoms with Gasteiger partial charge in [0.25, 0.3) is 0 Å². The van der Waals surface area contributed by atoms with Gasteiger partial charge in [-0.05, 0) is 25.7 Å². The van der Waals surface area contributed by atoms with Crippen LogP contribution < -0.4 is 9.79 Å². The monoisotopic (exact) mass is 422 g/mol. The summed E-state index contributed by atoms with van der Waals surface area (Å²) in [4.78, 5) is 21.8. The summed E-state index contributed by atoms with van der Waals surface area (Å²) in [6, 6.07) is 0. The van der Waals surface area contributed by atoms with Crippen molar-refractivity contribution in [3.05, 3.63) is 0 Å². The standard InChI is InChI=1S/2C7H17O3P.Zn/c2*1-3-5-6-10-11(8,9)7-4-2;/h2*3-7H2,1-2H3,(H,8,9);/q;;+2/p-2. The van der Waals surface area contributed by atoms with Crippen LogP contribution in [0.5, 0.6) is 0 Å². The summed E-state index contributed by atoms with van der Waals surface area (Å²) in [5, 5.41) is 0. The summed E-state index contributed by atoms with van der Waals surface area (Å²) in [5.74, 6) is 0. The van der Waals surface area contributed by atoms with E-state index in [4.69, 9.17) is 9.05 Å². The Morgan fingerprint density at radius 1 is 0.696 bits per heavy atom. The van der Waals surface area contributed by atoms with E-state index in [9.17, 15) is 18.9 Å². The summed E-state index contributed by atoms with van der Waals surface area (Å²) < 4.78 is 31.2.